The number of thioether (sulfide) groups is 1. The Balaban J connectivity index is 1.85. The second-order valence-corrected chi connectivity index (χ2v) is 8.30. The van der Waals surface area contributed by atoms with Crippen LogP contribution in [0.1, 0.15) is 22.2 Å². The van der Waals surface area contributed by atoms with Crippen molar-refractivity contribution in [1.29, 1.82) is 0 Å². The standard InChI is InChI=1S/C15H14BrNOS2/c16-13-7-6-12(20-13)15-17(14(18)8-9-19-15)10-11-4-2-1-3-5-11/h1-7,15H,8-10H2. The molecule has 2 nitrogen and oxygen atoms in total. The van der Waals surface area contributed by atoms with Crippen LogP contribution in [-0.4, -0.2) is 16.6 Å². The number of carbonyl (C=O) groups is 1. The minimum atomic E-state index is 0.146. The Labute approximate surface area is 135 Å². The van der Waals surface area contributed by atoms with E-state index in [9.17, 15) is 4.79 Å². The Morgan fingerprint density at radius 3 is 2.70 bits per heavy atom. The Morgan fingerprint density at radius 2 is 2.00 bits per heavy atom. The van der Waals surface area contributed by atoms with Crippen LogP contribution in [0.5, 0.6) is 0 Å². The molecule has 3 rings (SSSR count). The van der Waals surface area contributed by atoms with Gasteiger partial charge in [0.2, 0.25) is 5.91 Å². The van der Waals surface area contributed by atoms with Crippen molar-refractivity contribution in [3.63, 3.8) is 0 Å². The number of benzene rings is 1. The van der Waals surface area contributed by atoms with Crippen molar-refractivity contribution in [2.75, 3.05) is 5.75 Å². The summed E-state index contributed by atoms with van der Waals surface area (Å²) in [4.78, 5) is 15.5. The first-order valence-electron chi connectivity index (χ1n) is 6.44. The maximum Gasteiger partial charge on any atom is 0.224 e. The topological polar surface area (TPSA) is 20.3 Å². The van der Waals surface area contributed by atoms with Gasteiger partial charge in [-0.3, -0.25) is 4.79 Å². The fourth-order valence-electron chi connectivity index (χ4n) is 2.27. The van der Waals surface area contributed by atoms with E-state index in [0.29, 0.717) is 13.0 Å². The van der Waals surface area contributed by atoms with Gasteiger partial charge in [0.25, 0.3) is 0 Å². The second kappa shape index (κ2) is 6.33. The molecule has 1 aromatic heterocycles. The molecule has 0 bridgehead atoms. The van der Waals surface area contributed by atoms with Crippen molar-refractivity contribution in [3.8, 4) is 0 Å². The van der Waals surface area contributed by atoms with Gasteiger partial charge in [-0.05, 0) is 33.6 Å². The fraction of sp³-hybridized carbons (Fsp3) is 0.267. The maximum atomic E-state index is 12.3. The van der Waals surface area contributed by atoms with Gasteiger partial charge in [0.05, 0.1) is 3.79 Å². The van der Waals surface area contributed by atoms with Gasteiger partial charge in [0.1, 0.15) is 5.37 Å². The average molecular weight is 368 g/mol. The Hall–Kier alpha value is -0.780. The first-order valence-corrected chi connectivity index (χ1v) is 9.10. The molecule has 0 N–H and O–H groups in total. The molecule has 1 aliphatic rings. The van der Waals surface area contributed by atoms with Crippen molar-refractivity contribution in [2.45, 2.75) is 18.3 Å². The van der Waals surface area contributed by atoms with Crippen molar-refractivity contribution in [2.24, 2.45) is 0 Å². The Morgan fingerprint density at radius 1 is 1.20 bits per heavy atom. The molecule has 2 aromatic rings. The van der Waals surface area contributed by atoms with Crippen LogP contribution in [0.15, 0.2) is 46.3 Å². The van der Waals surface area contributed by atoms with Crippen LogP contribution in [0.2, 0.25) is 0 Å². The molecule has 2 heterocycles. The van der Waals surface area contributed by atoms with E-state index in [1.54, 1.807) is 11.3 Å². The summed E-state index contributed by atoms with van der Waals surface area (Å²) in [5.74, 6) is 1.16. The summed E-state index contributed by atoms with van der Waals surface area (Å²) in [7, 11) is 0. The van der Waals surface area contributed by atoms with Gasteiger partial charge in [-0.2, -0.15) is 0 Å². The molecule has 104 valence electrons. The molecule has 1 unspecified atom stereocenters. The van der Waals surface area contributed by atoms with E-state index in [4.69, 9.17) is 0 Å². The van der Waals surface area contributed by atoms with Crippen molar-refractivity contribution >= 4 is 44.9 Å². The van der Waals surface area contributed by atoms with E-state index in [1.807, 2.05) is 34.9 Å². The molecule has 1 saturated heterocycles. The van der Waals surface area contributed by atoms with E-state index < -0.39 is 0 Å². The van der Waals surface area contributed by atoms with Crippen molar-refractivity contribution < 1.29 is 4.79 Å². The van der Waals surface area contributed by atoms with E-state index in [1.165, 1.54) is 10.4 Å². The van der Waals surface area contributed by atoms with E-state index in [-0.39, 0.29) is 11.3 Å². The van der Waals surface area contributed by atoms with Gasteiger partial charge in [-0.1, -0.05) is 30.3 Å². The maximum absolute atomic E-state index is 12.3. The largest absolute Gasteiger partial charge is 0.321 e. The summed E-state index contributed by atoms with van der Waals surface area (Å²) in [5, 5.41) is 0.146. The Kier molecular flexibility index (Phi) is 4.48. The lowest BCUT2D eigenvalue weighted by atomic mass is 10.2. The van der Waals surface area contributed by atoms with Gasteiger partial charge in [0.15, 0.2) is 0 Å². The summed E-state index contributed by atoms with van der Waals surface area (Å²) >= 11 is 7.07. The summed E-state index contributed by atoms with van der Waals surface area (Å²) in [5.41, 5.74) is 1.18. The van der Waals surface area contributed by atoms with Gasteiger partial charge < -0.3 is 4.90 Å². The highest BCUT2D eigenvalue weighted by Gasteiger charge is 2.30. The highest BCUT2D eigenvalue weighted by molar-refractivity contribution is 9.11. The van der Waals surface area contributed by atoms with Crippen LogP contribution in [-0.2, 0) is 11.3 Å². The van der Waals surface area contributed by atoms with Gasteiger partial charge in [-0.15, -0.1) is 23.1 Å². The summed E-state index contributed by atoms with van der Waals surface area (Å²) in [6, 6.07) is 14.4. The normalized spacial score (nSPS) is 19.4. The second-order valence-electron chi connectivity index (χ2n) is 4.62. The highest BCUT2D eigenvalue weighted by Crippen LogP contribution is 2.42. The number of carbonyl (C=O) groups excluding carboxylic acids is 1. The average Bonchev–Trinajstić information content (AvgIpc) is 2.89. The molecule has 1 fully saturated rings. The van der Waals surface area contributed by atoms with E-state index in [2.05, 4.69) is 40.2 Å². The molecule has 0 spiro atoms. The molecular weight excluding hydrogens is 354 g/mol. The van der Waals surface area contributed by atoms with Gasteiger partial charge >= 0.3 is 0 Å². The fourth-order valence-corrected chi connectivity index (χ4v) is 5.17. The van der Waals surface area contributed by atoms with Crippen LogP contribution in [0.25, 0.3) is 0 Å². The smallest absolute Gasteiger partial charge is 0.224 e. The number of thiophene rings is 1. The Bertz CT molecular complexity index is 599. The molecule has 5 heteroatoms. The molecule has 1 amide bonds. The lowest BCUT2D eigenvalue weighted by Gasteiger charge is -2.34. The van der Waals surface area contributed by atoms with Crippen molar-refractivity contribution in [3.05, 3.63) is 56.7 Å². The minimum absolute atomic E-state index is 0.146. The zero-order chi connectivity index (χ0) is 13.9. The minimum Gasteiger partial charge on any atom is -0.321 e. The van der Waals surface area contributed by atoms with Crippen molar-refractivity contribution in [1.82, 2.24) is 4.90 Å². The molecule has 20 heavy (non-hydrogen) atoms. The molecule has 1 aliphatic heterocycles. The number of rotatable bonds is 3. The first-order chi connectivity index (χ1) is 9.74. The summed E-state index contributed by atoms with van der Waals surface area (Å²) in [6.45, 7) is 0.687. The third-order valence-corrected chi connectivity index (χ3v) is 6.32. The first kappa shape index (κ1) is 14.2. The molecular formula is C15H14BrNOS2. The lowest BCUT2D eigenvalue weighted by molar-refractivity contribution is -0.132. The zero-order valence-corrected chi connectivity index (χ0v) is 14.0. The highest BCUT2D eigenvalue weighted by atomic mass is 79.9. The summed E-state index contributed by atoms with van der Waals surface area (Å²) in [6.07, 6.45) is 0.639. The molecule has 0 aliphatic carbocycles. The molecule has 1 aromatic carbocycles. The predicted molar refractivity (Wildman–Crippen MR) is 88.8 cm³/mol. The van der Waals surface area contributed by atoms with Crippen LogP contribution in [0, 0.1) is 0 Å². The quantitative estimate of drug-likeness (QED) is 0.784. The number of amides is 1. The predicted octanol–water partition coefficient (Wildman–Crippen LogP) is 4.67. The lowest BCUT2D eigenvalue weighted by Crippen LogP contribution is -2.36. The third kappa shape index (κ3) is 3.10. The number of halogens is 1. The van der Waals surface area contributed by atoms with Crippen LogP contribution >= 0.6 is 39.0 Å². The zero-order valence-electron chi connectivity index (χ0n) is 10.8. The SMILES string of the molecule is O=C1CCSC(c2ccc(Br)s2)N1Cc1ccccc1. The van der Waals surface area contributed by atoms with Gasteiger partial charge in [-0.25, -0.2) is 0 Å². The number of hydrogen-bond donors (Lipinski definition) is 0. The van der Waals surface area contributed by atoms with Crippen LogP contribution < -0.4 is 0 Å². The number of nitrogens with zero attached hydrogens (tertiary/aromatic N) is 1. The molecule has 0 saturated carbocycles. The van der Waals surface area contributed by atoms with Crippen LogP contribution in [0.4, 0.5) is 0 Å². The third-order valence-electron chi connectivity index (χ3n) is 3.23. The number of hydrogen-bond acceptors (Lipinski definition) is 3. The molecule has 1 atom stereocenters. The van der Waals surface area contributed by atoms with E-state index >= 15 is 0 Å². The van der Waals surface area contributed by atoms with Crippen LogP contribution in [0.3, 0.4) is 0 Å². The van der Waals surface area contributed by atoms with E-state index in [0.717, 1.165) is 9.54 Å². The van der Waals surface area contributed by atoms with Gasteiger partial charge in [0, 0.05) is 23.6 Å². The summed E-state index contributed by atoms with van der Waals surface area (Å²) < 4.78 is 1.12. The molecule has 0 radical (unpaired) electrons. The monoisotopic (exact) mass is 367 g/mol.